The molecule has 0 saturated carbocycles. The third-order valence-corrected chi connectivity index (χ3v) is 20.8. The van der Waals surface area contributed by atoms with E-state index in [9.17, 15) is 0 Å². The zero-order chi connectivity index (χ0) is 42.7. The fourth-order valence-electron chi connectivity index (χ4n) is 9.58. The molecule has 3 nitrogen and oxygen atoms in total. The zero-order valence-corrected chi connectivity index (χ0v) is 38.9. The minimum Gasteiger partial charge on any atom is -0.0654 e. The van der Waals surface area contributed by atoms with Crippen molar-refractivity contribution in [3.8, 4) is 0 Å². The Morgan fingerprint density at radius 2 is 0.754 bits per heavy atom. The van der Waals surface area contributed by atoms with Crippen molar-refractivity contribution < 1.29 is 12.4 Å². The predicted molar refractivity (Wildman–Crippen MR) is 265 cm³/mol. The Balaban J connectivity index is 1.50. The SMILES string of the molecule is CCCCCCCCCCCc1cc2ccccc2c(S(=O)(=O)OP(c2ccccc2)(c2ccccc2)(c2ccccc2)c2ccccc2)c1CCCCCCCCCCC. The van der Waals surface area contributed by atoms with Gasteiger partial charge < -0.3 is 0 Å². The maximum absolute atomic E-state index is 16.3. The van der Waals surface area contributed by atoms with Gasteiger partial charge in [-0.05, 0) is 0 Å². The molecule has 0 spiro atoms. The molecule has 0 aliphatic carbocycles. The van der Waals surface area contributed by atoms with Gasteiger partial charge in [0, 0.05) is 0 Å². The molecule has 0 radical (unpaired) electrons. The molecule has 0 saturated heterocycles. The minimum atomic E-state index is -4.55. The molecule has 0 fully saturated rings. The number of fused-ring (bicyclic) bond motifs is 1. The Labute approximate surface area is 369 Å². The summed E-state index contributed by atoms with van der Waals surface area (Å²) in [6, 6.07) is 51.0. The van der Waals surface area contributed by atoms with Crippen LogP contribution in [0.3, 0.4) is 0 Å². The number of unbranched alkanes of at least 4 members (excludes halogenated alkanes) is 16. The molecule has 0 aliphatic rings. The van der Waals surface area contributed by atoms with Crippen molar-refractivity contribution in [3.05, 3.63) is 163 Å². The summed E-state index contributed by atoms with van der Waals surface area (Å²) in [5, 5.41) is 5.06. The van der Waals surface area contributed by atoms with Gasteiger partial charge in [-0.15, -0.1) is 0 Å². The topological polar surface area (TPSA) is 43.4 Å². The summed E-state index contributed by atoms with van der Waals surface area (Å²) in [4.78, 5) is 0.351. The van der Waals surface area contributed by atoms with E-state index in [1.165, 1.54) is 89.9 Å². The molecule has 0 N–H and O–H groups in total. The van der Waals surface area contributed by atoms with E-state index >= 15 is 8.42 Å². The molecule has 0 atom stereocenters. The van der Waals surface area contributed by atoms with Crippen LogP contribution < -0.4 is 21.2 Å². The smallest absolute Gasteiger partial charge is 0.0654 e. The summed E-state index contributed by atoms with van der Waals surface area (Å²) in [6.45, 7) is -0.00856. The van der Waals surface area contributed by atoms with Crippen LogP contribution in [0, 0.1) is 0 Å². The fourth-order valence-corrected chi connectivity index (χ4v) is 18.6. The van der Waals surface area contributed by atoms with Crippen molar-refractivity contribution >= 4 is 48.9 Å². The van der Waals surface area contributed by atoms with E-state index in [0.29, 0.717) is 11.3 Å². The molecule has 0 aromatic heterocycles. The van der Waals surface area contributed by atoms with Crippen LogP contribution in [-0.4, -0.2) is 8.42 Å². The Morgan fingerprint density at radius 3 is 1.16 bits per heavy atom. The summed E-state index contributed by atoms with van der Waals surface area (Å²) < 4.78 is 40.3. The van der Waals surface area contributed by atoms with Crippen LogP contribution in [0.25, 0.3) is 10.8 Å². The summed E-state index contributed by atoms with van der Waals surface area (Å²) in [5.41, 5.74) is 2.10. The first-order chi connectivity index (χ1) is 30.0. The second-order valence-corrected chi connectivity index (χ2v) is 23.2. The molecular formula is C56H71O3PS. The zero-order valence-electron chi connectivity index (χ0n) is 37.2. The Morgan fingerprint density at radius 1 is 0.410 bits per heavy atom. The first-order valence-electron chi connectivity index (χ1n) is 23.7. The normalized spacial score (nSPS) is 12.7. The van der Waals surface area contributed by atoms with E-state index in [0.717, 1.165) is 75.2 Å². The van der Waals surface area contributed by atoms with Gasteiger partial charge >= 0.3 is 325 Å². The molecule has 6 aromatic carbocycles. The van der Waals surface area contributed by atoms with Gasteiger partial charge in [0.2, 0.25) is 0 Å². The Bertz CT molecular complexity index is 2120. The van der Waals surface area contributed by atoms with Crippen molar-refractivity contribution in [1.82, 2.24) is 0 Å². The van der Waals surface area contributed by atoms with Crippen molar-refractivity contribution in [1.29, 1.82) is 0 Å². The van der Waals surface area contributed by atoms with Gasteiger partial charge in [0.05, 0.1) is 0 Å². The van der Waals surface area contributed by atoms with E-state index in [4.69, 9.17) is 3.97 Å². The molecule has 6 aromatic rings. The van der Waals surface area contributed by atoms with Crippen LogP contribution in [0.2, 0.25) is 0 Å². The monoisotopic (exact) mass is 854 g/mol. The molecule has 61 heavy (non-hydrogen) atoms. The fraction of sp³-hybridized carbons (Fsp3) is 0.393. The molecule has 6 rings (SSSR count). The Kier molecular flexibility index (Phi) is 17.8. The molecule has 324 valence electrons. The van der Waals surface area contributed by atoms with E-state index < -0.39 is 16.9 Å². The average Bonchev–Trinajstić information content (AvgIpc) is 3.30. The van der Waals surface area contributed by atoms with Crippen LogP contribution in [0.4, 0.5) is 0 Å². The summed E-state index contributed by atoms with van der Waals surface area (Å²) in [6.07, 6.45) is 23.7. The number of benzene rings is 6. The van der Waals surface area contributed by atoms with Gasteiger partial charge in [-0.1, -0.05) is 46.0 Å². The Hall–Kier alpha value is -4.08. The van der Waals surface area contributed by atoms with Gasteiger partial charge in [0.1, 0.15) is 0 Å². The van der Waals surface area contributed by atoms with E-state index in [2.05, 4.69) is 74.5 Å². The quantitative estimate of drug-likeness (QED) is 0.0383. The van der Waals surface area contributed by atoms with Crippen molar-refractivity contribution in [2.45, 2.75) is 147 Å². The number of hydrogen-bond acceptors (Lipinski definition) is 3. The molecule has 0 amide bonds. The third-order valence-electron chi connectivity index (χ3n) is 12.8. The van der Waals surface area contributed by atoms with E-state index in [1.807, 2.05) is 91.0 Å². The number of rotatable bonds is 27. The van der Waals surface area contributed by atoms with Gasteiger partial charge in [0.15, 0.2) is 0 Å². The summed E-state index contributed by atoms with van der Waals surface area (Å²) in [7, 11) is -4.50. The van der Waals surface area contributed by atoms with Crippen molar-refractivity contribution in [3.63, 3.8) is 0 Å². The first kappa shape index (κ1) is 46.4. The molecule has 5 heteroatoms. The van der Waals surface area contributed by atoms with Crippen LogP contribution in [-0.2, 0) is 26.9 Å². The van der Waals surface area contributed by atoms with Crippen LogP contribution in [0.5, 0.6) is 0 Å². The second kappa shape index (κ2) is 23.4. The summed E-state index contributed by atoms with van der Waals surface area (Å²) in [5.74, 6) is 0. The van der Waals surface area contributed by atoms with Crippen LogP contribution in [0.1, 0.15) is 141 Å². The second-order valence-electron chi connectivity index (χ2n) is 17.1. The standard InChI is InChI=1S/C56H71O3PS/c1-3-5-7-9-11-13-15-17-23-35-48-47-49-36-33-34-46-55(49)56(54(48)45-32-18-16-14-12-10-8-6-4-2)61(57,58)59-60(50-37-24-19-25-38-50,51-39-26-20-27-40-51,52-41-28-21-29-42-52)53-43-30-22-31-44-53/h19-22,24-31,33-34,36-44,46-47H,3-18,23,32,35,45H2,1-2H3. The first-order valence-corrected chi connectivity index (χ1v) is 27.3. The molecule has 0 unspecified atom stereocenters. The number of aryl methyl sites for hydroxylation is 1. The van der Waals surface area contributed by atoms with E-state index in [-0.39, 0.29) is 0 Å². The van der Waals surface area contributed by atoms with Gasteiger partial charge in [-0.2, -0.15) is 0 Å². The van der Waals surface area contributed by atoms with Gasteiger partial charge in [0.25, 0.3) is 0 Å². The number of hydrogen-bond donors (Lipinski definition) is 0. The summed E-state index contributed by atoms with van der Waals surface area (Å²) >= 11 is 0. The van der Waals surface area contributed by atoms with Crippen LogP contribution in [0.15, 0.2) is 157 Å². The van der Waals surface area contributed by atoms with Crippen LogP contribution >= 0.6 is 6.83 Å². The predicted octanol–water partition coefficient (Wildman–Crippen LogP) is 14.5. The minimum absolute atomic E-state index is 0.351. The molecular weight excluding hydrogens is 784 g/mol. The van der Waals surface area contributed by atoms with Crippen molar-refractivity contribution in [2.75, 3.05) is 0 Å². The van der Waals surface area contributed by atoms with E-state index in [1.54, 1.807) is 0 Å². The van der Waals surface area contributed by atoms with Gasteiger partial charge in [-0.3, -0.25) is 0 Å². The maximum atomic E-state index is 16.3. The molecule has 0 heterocycles. The van der Waals surface area contributed by atoms with Crippen molar-refractivity contribution in [2.24, 2.45) is 0 Å². The van der Waals surface area contributed by atoms with Gasteiger partial charge in [-0.25, -0.2) is 0 Å². The third kappa shape index (κ3) is 10.9. The molecule has 0 aliphatic heterocycles. The molecule has 0 bridgehead atoms. The average molecular weight is 855 g/mol.